The number of amides is 1. The normalized spacial score (nSPS) is 15.1. The molecule has 0 aromatic rings. The van der Waals surface area contributed by atoms with Gasteiger partial charge in [0.1, 0.15) is 13.3 Å². The highest BCUT2D eigenvalue weighted by Gasteiger charge is 2.19. The minimum Gasteiger partial charge on any atom is -0.387 e. The molecular weight excluding hydrogens is 313 g/mol. The fraction of sp³-hybridized carbons (Fsp3) is 0.706. The Morgan fingerprint density at radius 3 is 2.54 bits per heavy atom. The molecule has 0 spiro atoms. The average Bonchev–Trinajstić information content (AvgIpc) is 2.60. The lowest BCUT2D eigenvalue weighted by atomic mass is 10.0. The molecule has 0 aliphatic carbocycles. The molecule has 0 rings (SSSR count). The molecule has 0 aromatic carbocycles. The molecular formula is C17H32FN3O3. The minimum absolute atomic E-state index is 0.263. The summed E-state index contributed by atoms with van der Waals surface area (Å²) in [5.74, 6) is -0.263. The van der Waals surface area contributed by atoms with E-state index >= 15 is 0 Å². The molecule has 0 aliphatic rings. The Bertz CT molecular complexity index is 416. The molecule has 6 nitrogen and oxygen atoms in total. The van der Waals surface area contributed by atoms with Crippen molar-refractivity contribution in [2.24, 2.45) is 5.73 Å². The zero-order valence-corrected chi connectivity index (χ0v) is 15.2. The molecule has 2 unspecified atom stereocenters. The second kappa shape index (κ2) is 13.1. The zero-order valence-electron chi connectivity index (χ0n) is 15.2. The largest absolute Gasteiger partial charge is 0.387 e. The smallest absolute Gasteiger partial charge is 0.248 e. The number of aliphatic hydroxyl groups is 1. The molecule has 7 heteroatoms. The van der Waals surface area contributed by atoms with Crippen molar-refractivity contribution in [3.05, 3.63) is 23.8 Å². The summed E-state index contributed by atoms with van der Waals surface area (Å²) in [6.07, 6.45) is 5.23. The van der Waals surface area contributed by atoms with Crippen LogP contribution in [-0.2, 0) is 9.53 Å². The number of methoxy groups -OCH3 is 1. The summed E-state index contributed by atoms with van der Waals surface area (Å²) < 4.78 is 18.0. The van der Waals surface area contributed by atoms with Crippen molar-refractivity contribution in [1.29, 1.82) is 0 Å². The lowest BCUT2D eigenvalue weighted by molar-refractivity contribution is -0.134. The number of hydrogen-bond donors (Lipinski definition) is 2. The van der Waals surface area contributed by atoms with Gasteiger partial charge in [0.15, 0.2) is 0 Å². The summed E-state index contributed by atoms with van der Waals surface area (Å²) in [5, 5.41) is 8.90. The molecule has 3 N–H and O–H groups in total. The predicted octanol–water partition coefficient (Wildman–Crippen LogP) is 0.573. The Labute approximate surface area is 144 Å². The van der Waals surface area contributed by atoms with Crippen molar-refractivity contribution < 1.29 is 19.0 Å². The fourth-order valence-corrected chi connectivity index (χ4v) is 2.30. The zero-order chi connectivity index (χ0) is 18.5. The third-order valence-electron chi connectivity index (χ3n) is 3.83. The van der Waals surface area contributed by atoms with Crippen molar-refractivity contribution in [1.82, 2.24) is 9.80 Å². The van der Waals surface area contributed by atoms with Gasteiger partial charge in [-0.2, -0.15) is 0 Å². The molecule has 0 saturated carbocycles. The molecule has 140 valence electrons. The van der Waals surface area contributed by atoms with E-state index in [0.717, 1.165) is 5.57 Å². The maximum absolute atomic E-state index is 12.8. The summed E-state index contributed by atoms with van der Waals surface area (Å²) in [6, 6.07) is -0.689. The number of nitrogens with two attached hydrogens (primary N) is 1. The van der Waals surface area contributed by atoms with E-state index in [1.165, 1.54) is 7.11 Å². The molecule has 2 atom stereocenters. The number of nitrogens with zero attached hydrogens (tertiary/aromatic N) is 2. The average molecular weight is 345 g/mol. The number of aliphatic hydroxyl groups excluding tert-OH is 1. The fourth-order valence-electron chi connectivity index (χ4n) is 2.30. The van der Waals surface area contributed by atoms with Crippen LogP contribution in [0.15, 0.2) is 23.8 Å². The molecule has 0 aromatic heterocycles. The van der Waals surface area contributed by atoms with E-state index in [4.69, 9.17) is 15.6 Å². The van der Waals surface area contributed by atoms with Crippen LogP contribution in [0.3, 0.4) is 0 Å². The van der Waals surface area contributed by atoms with Gasteiger partial charge in [0.25, 0.3) is 0 Å². The number of alkyl halides is 1. The minimum atomic E-state index is -0.689. The first-order chi connectivity index (χ1) is 11.4. The standard InChI is InChI=1S/C17H32FN3O3/c1-5-14(17(24-4)15(19)12-18)8-7-9-20(3)10-11-21(6-2)16(23)13-22/h5,7-8,15,17,22H,6,9-13,19H2,1-4H3/b8-7-,14-5+. The number of ether oxygens (including phenoxy) is 1. The second-order valence-electron chi connectivity index (χ2n) is 5.56. The van der Waals surface area contributed by atoms with Gasteiger partial charge in [-0.25, -0.2) is 4.39 Å². The van der Waals surface area contributed by atoms with E-state index in [1.54, 1.807) is 4.90 Å². The van der Waals surface area contributed by atoms with Crippen LogP contribution in [0.4, 0.5) is 4.39 Å². The summed E-state index contributed by atoms with van der Waals surface area (Å²) >= 11 is 0. The van der Waals surface area contributed by atoms with Crippen LogP contribution < -0.4 is 5.73 Å². The van der Waals surface area contributed by atoms with Crippen LogP contribution in [0.5, 0.6) is 0 Å². The topological polar surface area (TPSA) is 79.0 Å². The number of halogens is 1. The highest BCUT2D eigenvalue weighted by atomic mass is 19.1. The van der Waals surface area contributed by atoms with Crippen molar-refractivity contribution in [2.45, 2.75) is 26.0 Å². The molecule has 0 bridgehead atoms. The third kappa shape index (κ3) is 8.01. The van der Waals surface area contributed by atoms with Crippen LogP contribution in [0.1, 0.15) is 13.8 Å². The van der Waals surface area contributed by atoms with Crippen molar-refractivity contribution >= 4 is 5.91 Å². The van der Waals surface area contributed by atoms with Crippen LogP contribution >= 0.6 is 0 Å². The van der Waals surface area contributed by atoms with Crippen LogP contribution in [0.25, 0.3) is 0 Å². The van der Waals surface area contributed by atoms with Crippen LogP contribution in [0.2, 0.25) is 0 Å². The lowest BCUT2D eigenvalue weighted by Crippen LogP contribution is -2.39. The maximum atomic E-state index is 12.8. The van der Waals surface area contributed by atoms with E-state index in [0.29, 0.717) is 26.2 Å². The van der Waals surface area contributed by atoms with Crippen LogP contribution in [0, 0.1) is 0 Å². The molecule has 0 radical (unpaired) electrons. The van der Waals surface area contributed by atoms with E-state index in [-0.39, 0.29) is 5.91 Å². The molecule has 1 amide bonds. The summed E-state index contributed by atoms with van der Waals surface area (Å²) in [7, 11) is 3.46. The number of carbonyl (C=O) groups excluding carboxylic acids is 1. The lowest BCUT2D eigenvalue weighted by Gasteiger charge is -2.23. The number of carbonyl (C=O) groups is 1. The first-order valence-electron chi connectivity index (χ1n) is 8.19. The van der Waals surface area contributed by atoms with Gasteiger partial charge in [-0.15, -0.1) is 0 Å². The third-order valence-corrected chi connectivity index (χ3v) is 3.83. The van der Waals surface area contributed by atoms with E-state index < -0.39 is 25.4 Å². The highest BCUT2D eigenvalue weighted by Crippen LogP contribution is 2.12. The van der Waals surface area contributed by atoms with E-state index in [1.807, 2.05) is 44.0 Å². The Morgan fingerprint density at radius 2 is 2.08 bits per heavy atom. The molecule has 0 aliphatic heterocycles. The highest BCUT2D eigenvalue weighted by molar-refractivity contribution is 5.77. The Hall–Kier alpha value is -1.28. The SMILES string of the molecule is C/C=C(\C=C/CN(C)CCN(CC)C(=O)CO)C(OC)C(N)CF. The van der Waals surface area contributed by atoms with Crippen molar-refractivity contribution in [2.75, 3.05) is 53.6 Å². The first kappa shape index (κ1) is 22.7. The van der Waals surface area contributed by atoms with Gasteiger partial charge in [-0.05, 0) is 26.5 Å². The van der Waals surface area contributed by atoms with E-state index in [9.17, 15) is 9.18 Å². The maximum Gasteiger partial charge on any atom is 0.248 e. The number of rotatable bonds is 12. The van der Waals surface area contributed by atoms with Crippen LogP contribution in [-0.4, -0.2) is 86.6 Å². The quantitative estimate of drug-likeness (QED) is 0.506. The molecule has 24 heavy (non-hydrogen) atoms. The Balaban J connectivity index is 4.48. The second-order valence-corrected chi connectivity index (χ2v) is 5.56. The Kier molecular flexibility index (Phi) is 12.4. The van der Waals surface area contributed by atoms with Crippen molar-refractivity contribution in [3.8, 4) is 0 Å². The number of allylic oxidation sites excluding steroid dienone is 1. The first-order valence-corrected chi connectivity index (χ1v) is 8.19. The Morgan fingerprint density at radius 1 is 1.42 bits per heavy atom. The van der Waals surface area contributed by atoms with Gasteiger partial charge in [0, 0.05) is 33.3 Å². The summed E-state index contributed by atoms with van der Waals surface area (Å²) in [4.78, 5) is 15.1. The summed E-state index contributed by atoms with van der Waals surface area (Å²) in [5.41, 5.74) is 6.57. The predicted molar refractivity (Wildman–Crippen MR) is 94.5 cm³/mol. The van der Waals surface area contributed by atoms with Gasteiger partial charge in [-0.3, -0.25) is 4.79 Å². The number of likely N-dealkylation sites (N-methyl/N-ethyl adjacent to an activating group) is 2. The van der Waals surface area contributed by atoms with Gasteiger partial charge in [0.2, 0.25) is 5.91 Å². The van der Waals surface area contributed by atoms with Gasteiger partial charge in [-0.1, -0.05) is 18.2 Å². The van der Waals surface area contributed by atoms with Gasteiger partial charge in [0.05, 0.1) is 12.1 Å². The number of hydrogen-bond acceptors (Lipinski definition) is 5. The summed E-state index contributed by atoms with van der Waals surface area (Å²) in [6.45, 7) is 5.12. The van der Waals surface area contributed by atoms with Gasteiger partial charge < -0.3 is 25.4 Å². The molecule has 0 fully saturated rings. The molecule has 0 saturated heterocycles. The van der Waals surface area contributed by atoms with E-state index in [2.05, 4.69) is 0 Å². The van der Waals surface area contributed by atoms with Gasteiger partial charge >= 0.3 is 0 Å². The monoisotopic (exact) mass is 345 g/mol. The molecule has 0 heterocycles. The van der Waals surface area contributed by atoms with Crippen molar-refractivity contribution in [3.63, 3.8) is 0 Å².